The first-order valence-electron chi connectivity index (χ1n) is 9.61. The lowest BCUT2D eigenvalue weighted by atomic mass is 9.75. The average Bonchev–Trinajstić information content (AvgIpc) is 3.13. The van der Waals surface area contributed by atoms with Crippen LogP contribution in [0.2, 0.25) is 0 Å². The van der Waals surface area contributed by atoms with Crippen molar-refractivity contribution in [2.24, 2.45) is 29.1 Å². The number of hydrogen-bond acceptors (Lipinski definition) is 3. The quantitative estimate of drug-likeness (QED) is 0.779. The Labute approximate surface area is 140 Å². The molecule has 1 spiro atoms. The summed E-state index contributed by atoms with van der Waals surface area (Å²) < 4.78 is 6.04. The molecule has 0 bridgehead atoms. The van der Waals surface area contributed by atoms with Gasteiger partial charge in [0.2, 0.25) is 5.91 Å². The van der Waals surface area contributed by atoms with Crippen LogP contribution in [0.4, 0.5) is 0 Å². The topological polar surface area (TPSA) is 32.8 Å². The summed E-state index contributed by atoms with van der Waals surface area (Å²) in [7, 11) is 2.22. The highest BCUT2D eigenvalue weighted by Gasteiger charge is 2.51. The molecule has 2 aliphatic carbocycles. The summed E-state index contributed by atoms with van der Waals surface area (Å²) >= 11 is 0. The largest absolute Gasteiger partial charge is 0.381 e. The van der Waals surface area contributed by atoms with Crippen molar-refractivity contribution in [3.05, 3.63) is 0 Å². The van der Waals surface area contributed by atoms with E-state index in [1.807, 2.05) is 0 Å². The van der Waals surface area contributed by atoms with Crippen LogP contribution in [-0.4, -0.2) is 62.1 Å². The van der Waals surface area contributed by atoms with Crippen molar-refractivity contribution in [3.8, 4) is 0 Å². The molecule has 2 saturated carbocycles. The van der Waals surface area contributed by atoms with Crippen molar-refractivity contribution < 1.29 is 9.53 Å². The van der Waals surface area contributed by atoms with Gasteiger partial charge in [0, 0.05) is 50.0 Å². The minimum Gasteiger partial charge on any atom is -0.381 e. The minimum atomic E-state index is 0.295. The Bertz CT molecular complexity index is 458. The molecule has 2 aliphatic heterocycles. The number of rotatable bonds is 5. The second-order valence-corrected chi connectivity index (χ2v) is 9.02. The average molecular weight is 320 g/mol. The highest BCUT2D eigenvalue weighted by Crippen LogP contribution is 2.45. The monoisotopic (exact) mass is 320 g/mol. The van der Waals surface area contributed by atoms with Crippen LogP contribution in [0.5, 0.6) is 0 Å². The minimum absolute atomic E-state index is 0.295. The number of nitrogens with zero attached hydrogens (tertiary/aromatic N) is 2. The fourth-order valence-corrected chi connectivity index (χ4v) is 5.10. The van der Waals surface area contributed by atoms with Crippen LogP contribution in [0.25, 0.3) is 0 Å². The highest BCUT2D eigenvalue weighted by atomic mass is 16.5. The normalized spacial score (nSPS) is 40.8. The van der Waals surface area contributed by atoms with E-state index in [2.05, 4.69) is 23.8 Å². The molecule has 4 nitrogen and oxygen atoms in total. The Morgan fingerprint density at radius 2 is 2.00 bits per heavy atom. The standard InChI is InChI=1S/C19H32N2O2/c1-14-7-16(8-14)18(22)21-6-5-19(13-21)12-20(2)9-17(19)11-23-10-15-3-4-15/h14-17H,3-13H2,1-2H3/t14?,16?,17-,19+/m0/s1. The number of hydrogen-bond donors (Lipinski definition) is 0. The van der Waals surface area contributed by atoms with Gasteiger partial charge in [-0.1, -0.05) is 6.92 Å². The van der Waals surface area contributed by atoms with Gasteiger partial charge in [-0.2, -0.15) is 0 Å². The Balaban J connectivity index is 1.35. The molecule has 4 aliphatic rings. The molecular weight excluding hydrogens is 288 g/mol. The van der Waals surface area contributed by atoms with Crippen molar-refractivity contribution in [1.29, 1.82) is 0 Å². The second kappa shape index (κ2) is 6.03. The Kier molecular flexibility index (Phi) is 4.17. The summed E-state index contributed by atoms with van der Waals surface area (Å²) in [5, 5.41) is 0. The lowest BCUT2D eigenvalue weighted by Crippen LogP contribution is -2.43. The van der Waals surface area contributed by atoms with Crippen LogP contribution in [0.15, 0.2) is 0 Å². The van der Waals surface area contributed by atoms with Crippen LogP contribution < -0.4 is 0 Å². The van der Waals surface area contributed by atoms with Crippen molar-refractivity contribution in [3.63, 3.8) is 0 Å². The van der Waals surface area contributed by atoms with Gasteiger partial charge >= 0.3 is 0 Å². The summed E-state index contributed by atoms with van der Waals surface area (Å²) in [6.45, 7) is 8.31. The maximum atomic E-state index is 12.7. The highest BCUT2D eigenvalue weighted by molar-refractivity contribution is 5.80. The van der Waals surface area contributed by atoms with Gasteiger partial charge in [0.1, 0.15) is 0 Å². The zero-order valence-electron chi connectivity index (χ0n) is 14.8. The smallest absolute Gasteiger partial charge is 0.225 e. The third-order valence-corrected chi connectivity index (χ3v) is 6.77. The first-order chi connectivity index (χ1) is 11.1. The van der Waals surface area contributed by atoms with E-state index in [0.29, 0.717) is 23.2 Å². The van der Waals surface area contributed by atoms with E-state index in [-0.39, 0.29) is 0 Å². The molecule has 0 unspecified atom stereocenters. The van der Waals surface area contributed by atoms with Gasteiger partial charge in [-0.15, -0.1) is 0 Å². The van der Waals surface area contributed by atoms with E-state index in [4.69, 9.17) is 4.74 Å². The zero-order chi connectivity index (χ0) is 16.0. The molecule has 2 heterocycles. The molecule has 0 aromatic rings. The van der Waals surface area contributed by atoms with Gasteiger partial charge in [-0.25, -0.2) is 0 Å². The van der Waals surface area contributed by atoms with E-state index in [1.54, 1.807) is 0 Å². The number of carbonyl (C=O) groups excluding carboxylic acids is 1. The third-order valence-electron chi connectivity index (χ3n) is 6.77. The van der Waals surface area contributed by atoms with Gasteiger partial charge in [-0.3, -0.25) is 4.79 Å². The first kappa shape index (κ1) is 15.9. The fraction of sp³-hybridized carbons (Fsp3) is 0.947. The molecule has 130 valence electrons. The predicted octanol–water partition coefficient (Wildman–Crippen LogP) is 2.24. The van der Waals surface area contributed by atoms with Crippen molar-refractivity contribution in [2.45, 2.75) is 39.0 Å². The van der Waals surface area contributed by atoms with E-state index >= 15 is 0 Å². The molecule has 1 amide bonds. The van der Waals surface area contributed by atoms with E-state index in [0.717, 1.165) is 64.1 Å². The molecular formula is C19H32N2O2. The van der Waals surface area contributed by atoms with Gasteiger partial charge in [-0.05, 0) is 51.0 Å². The number of ether oxygens (including phenoxy) is 1. The molecule has 0 radical (unpaired) electrons. The van der Waals surface area contributed by atoms with E-state index in [9.17, 15) is 4.79 Å². The van der Waals surface area contributed by atoms with Gasteiger partial charge in [0.05, 0.1) is 6.61 Å². The van der Waals surface area contributed by atoms with Gasteiger partial charge < -0.3 is 14.5 Å². The summed E-state index contributed by atoms with van der Waals surface area (Å²) in [4.78, 5) is 17.3. The fourth-order valence-electron chi connectivity index (χ4n) is 5.10. The Hall–Kier alpha value is -0.610. The SMILES string of the molecule is CC1CC(C(=O)N2CC[C@@]3(CN(C)C[C@H]3COCC3CC3)C2)C1. The molecule has 2 atom stereocenters. The maximum absolute atomic E-state index is 12.7. The molecule has 0 N–H and O–H groups in total. The lowest BCUT2D eigenvalue weighted by molar-refractivity contribution is -0.139. The van der Waals surface area contributed by atoms with Crippen molar-refractivity contribution in [1.82, 2.24) is 9.80 Å². The van der Waals surface area contributed by atoms with Gasteiger partial charge in [0.15, 0.2) is 0 Å². The Morgan fingerprint density at radius 1 is 1.22 bits per heavy atom. The molecule has 0 aromatic carbocycles. The molecule has 23 heavy (non-hydrogen) atoms. The number of amides is 1. The van der Waals surface area contributed by atoms with Gasteiger partial charge in [0.25, 0.3) is 0 Å². The summed E-state index contributed by atoms with van der Waals surface area (Å²) in [6.07, 6.45) is 6.10. The number of likely N-dealkylation sites (tertiary alicyclic amines) is 2. The molecule has 0 aromatic heterocycles. The van der Waals surface area contributed by atoms with Crippen LogP contribution in [0.3, 0.4) is 0 Å². The second-order valence-electron chi connectivity index (χ2n) is 9.02. The van der Waals surface area contributed by atoms with Crippen LogP contribution in [0.1, 0.15) is 39.0 Å². The Morgan fingerprint density at radius 3 is 2.70 bits per heavy atom. The zero-order valence-corrected chi connectivity index (χ0v) is 14.8. The summed E-state index contributed by atoms with van der Waals surface area (Å²) in [6, 6.07) is 0. The van der Waals surface area contributed by atoms with Crippen LogP contribution in [0, 0.1) is 29.1 Å². The third kappa shape index (κ3) is 3.17. The summed E-state index contributed by atoms with van der Waals surface area (Å²) in [5.74, 6) is 2.95. The molecule has 4 heteroatoms. The first-order valence-corrected chi connectivity index (χ1v) is 9.61. The van der Waals surface area contributed by atoms with Crippen molar-refractivity contribution >= 4 is 5.91 Å². The lowest BCUT2D eigenvalue weighted by Gasteiger charge is -2.36. The molecule has 2 saturated heterocycles. The van der Waals surface area contributed by atoms with Crippen LogP contribution >= 0.6 is 0 Å². The molecule has 4 fully saturated rings. The van der Waals surface area contributed by atoms with E-state index in [1.165, 1.54) is 19.3 Å². The van der Waals surface area contributed by atoms with Crippen molar-refractivity contribution in [2.75, 3.05) is 46.4 Å². The summed E-state index contributed by atoms with van der Waals surface area (Å²) in [5.41, 5.74) is 0.295. The van der Waals surface area contributed by atoms with E-state index < -0.39 is 0 Å². The predicted molar refractivity (Wildman–Crippen MR) is 90.0 cm³/mol. The van der Waals surface area contributed by atoms with Crippen LogP contribution in [-0.2, 0) is 9.53 Å². The molecule has 4 rings (SSSR count). The maximum Gasteiger partial charge on any atom is 0.225 e. The number of carbonyl (C=O) groups is 1.